The van der Waals surface area contributed by atoms with E-state index < -0.39 is 75.8 Å². The van der Waals surface area contributed by atoms with Gasteiger partial charge in [0.15, 0.2) is 35.4 Å². The van der Waals surface area contributed by atoms with Gasteiger partial charge in [-0.2, -0.15) is 0 Å². The van der Waals surface area contributed by atoms with Gasteiger partial charge in [0.1, 0.15) is 67.0 Å². The molecule has 0 spiro atoms. The Morgan fingerprint density at radius 1 is 0.826 bits per heavy atom. The quantitative estimate of drug-likeness (QED) is 0.0846. The Kier molecular flexibility index (Phi) is 11.3. The second-order valence-corrected chi connectivity index (χ2v) is 15.3. The topological polar surface area (TPSA) is 275 Å². The largest absolute Gasteiger partial charge is 1.00 e. The molecule has 0 radical (unpaired) electrons. The third-order valence-corrected chi connectivity index (χ3v) is 10.3. The Balaban J connectivity index is 0.00000208. The number of aliphatic hydroxyl groups excluding tert-OH is 2. The molecule has 7 heterocycles. The van der Waals surface area contributed by atoms with E-state index in [1.807, 2.05) is 0 Å². The van der Waals surface area contributed by atoms with Gasteiger partial charge in [0.05, 0.1) is 25.9 Å². The molecule has 46 heavy (non-hydrogen) atoms. The number of nitrogens with zero attached hydrogens (tertiary/aromatic N) is 8. The number of anilines is 2. The summed E-state index contributed by atoms with van der Waals surface area (Å²) in [5.41, 5.74) is 12.7. The molecule has 20 nitrogen and oxygen atoms in total. The zero-order valence-corrected chi connectivity index (χ0v) is 31.4. The zero-order valence-electron chi connectivity index (χ0n) is 23.9. The zero-order chi connectivity index (χ0) is 31.0. The van der Waals surface area contributed by atoms with Crippen molar-refractivity contribution in [2.24, 2.45) is 0 Å². The maximum absolute atomic E-state index is 13.5. The molecule has 3 saturated heterocycles. The van der Waals surface area contributed by atoms with Crippen LogP contribution in [0, 0.1) is 0 Å². The third-order valence-electron chi connectivity index (χ3n) is 7.24. The first-order chi connectivity index (χ1) is 20.9. The Morgan fingerprint density at radius 2 is 1.37 bits per heavy atom. The van der Waals surface area contributed by atoms with E-state index in [1.54, 1.807) is 0 Å². The second kappa shape index (κ2) is 14.1. The van der Waals surface area contributed by atoms with Crippen molar-refractivity contribution < 1.29 is 106 Å². The van der Waals surface area contributed by atoms with Crippen LogP contribution in [-0.2, 0) is 56.2 Å². The predicted octanol–water partition coefficient (Wildman–Crippen LogP) is -7.59. The van der Waals surface area contributed by atoms with E-state index in [0.29, 0.717) is 0 Å². The standard InChI is InChI=1S/C20H24N10O10P2S2.2Na/c21-15-9-17(25-3-23-15)29(5-27-9)19-12(32)13-8(38-19)2-36-42(34,44)40-14-11(31)7(1-35-41(33,43)39-13)37-20(14)30-6-28-10-16(22)24-4-26-18(10)30;;/h3-8,11-14,19-20,31-32H,1-2H2,(H,33,43)(H,34,44)(H2,21,23,25)(H2,22,24,26);;/q;2*+1/p-2/t7-,8-,11+,12-,13-,14-,19-,20-,41?,42?;;/m1../s1. The minimum atomic E-state index is -4.43. The van der Waals surface area contributed by atoms with E-state index in [9.17, 15) is 19.7 Å². The predicted molar refractivity (Wildman–Crippen MR) is 150 cm³/mol. The van der Waals surface area contributed by atoms with Crippen LogP contribution in [0.15, 0.2) is 25.3 Å². The first-order valence-electron chi connectivity index (χ1n) is 12.7. The Bertz CT molecular complexity index is 1840. The molecule has 0 saturated carbocycles. The number of hydrogen-bond acceptors (Lipinski definition) is 20. The molecule has 0 aromatic carbocycles. The summed E-state index contributed by atoms with van der Waals surface area (Å²) in [6, 6.07) is 0. The number of aliphatic hydroxyl groups is 2. The summed E-state index contributed by atoms with van der Waals surface area (Å²) in [5, 5.41) is 22.3. The molecule has 3 fully saturated rings. The van der Waals surface area contributed by atoms with Gasteiger partial charge in [-0.05, 0) is 0 Å². The normalized spacial score (nSPS) is 36.6. The maximum atomic E-state index is 13.5. The van der Waals surface area contributed by atoms with Crippen molar-refractivity contribution in [3.8, 4) is 0 Å². The fraction of sp³-hybridized carbons (Fsp3) is 0.500. The number of hydrogen-bond donors (Lipinski definition) is 4. The SMILES string of the molecule is Nc1ncnc2c1ncn2[C@@H]1O[C@@H]2COP(=O)([S-])O[C@@H]3[C@@H](O)[C@@H](COP([O-])(=S)O[C@H]2[C@H]1O)O[C@H]3n1cnc2c(N)ncnc21.[Na+].[Na+]. The molecule has 6 N–H and O–H groups in total. The van der Waals surface area contributed by atoms with E-state index in [1.165, 1.54) is 34.4 Å². The van der Waals surface area contributed by atoms with Gasteiger partial charge in [-0.25, -0.2) is 29.9 Å². The van der Waals surface area contributed by atoms with Gasteiger partial charge >= 0.3 is 59.1 Å². The number of rotatable bonds is 2. The molecule has 4 aromatic rings. The molecule has 2 bridgehead atoms. The van der Waals surface area contributed by atoms with Gasteiger partial charge in [0.2, 0.25) is 6.80 Å². The van der Waals surface area contributed by atoms with Gasteiger partial charge in [-0.3, -0.25) is 13.7 Å². The molecule has 236 valence electrons. The summed E-state index contributed by atoms with van der Waals surface area (Å²) in [7, 11) is 0. The molecule has 2 unspecified atom stereocenters. The molecule has 4 aromatic heterocycles. The van der Waals surface area contributed by atoms with Crippen LogP contribution < -0.4 is 75.5 Å². The van der Waals surface area contributed by atoms with Crippen LogP contribution in [0.5, 0.6) is 0 Å². The fourth-order valence-electron chi connectivity index (χ4n) is 5.21. The first-order valence-corrected chi connectivity index (χ1v) is 17.8. The summed E-state index contributed by atoms with van der Waals surface area (Å²) in [4.78, 5) is 37.8. The molecule has 3 aliphatic rings. The van der Waals surface area contributed by atoms with Crippen LogP contribution in [0.3, 0.4) is 0 Å². The average molecular weight is 735 g/mol. The number of aromatic nitrogens is 8. The number of ether oxygens (including phenoxy) is 2. The van der Waals surface area contributed by atoms with Crippen LogP contribution in [0.4, 0.5) is 11.6 Å². The minimum absolute atomic E-state index is 0. The van der Waals surface area contributed by atoms with E-state index in [2.05, 4.69) is 29.9 Å². The van der Waals surface area contributed by atoms with Crippen molar-refractivity contribution in [3.63, 3.8) is 0 Å². The van der Waals surface area contributed by atoms with Gasteiger partial charge in [-0.15, -0.1) is 0 Å². The number of imidazole rings is 2. The van der Waals surface area contributed by atoms with Crippen LogP contribution >= 0.6 is 13.5 Å². The van der Waals surface area contributed by atoms with Crippen LogP contribution in [0.1, 0.15) is 12.5 Å². The molecule has 0 amide bonds. The van der Waals surface area contributed by atoms with E-state index >= 15 is 0 Å². The summed E-state index contributed by atoms with van der Waals surface area (Å²) in [6.45, 7) is -9.98. The van der Waals surface area contributed by atoms with E-state index in [-0.39, 0.29) is 93.1 Å². The Hall–Kier alpha value is -0.430. The molecule has 10 atom stereocenters. The summed E-state index contributed by atoms with van der Waals surface area (Å²) in [6.07, 6.45) is -5.87. The summed E-state index contributed by atoms with van der Waals surface area (Å²) in [5.74, 6) is 0.174. The number of nitrogen functional groups attached to an aromatic ring is 2. The second-order valence-electron chi connectivity index (χ2n) is 9.90. The van der Waals surface area contributed by atoms with Crippen molar-refractivity contribution in [1.82, 2.24) is 39.0 Å². The first kappa shape index (κ1) is 36.8. The summed E-state index contributed by atoms with van der Waals surface area (Å²) < 4.78 is 50.3. The molecular formula is C20H22N10Na2O10P2S2. The number of fused-ring (bicyclic) bond motifs is 5. The van der Waals surface area contributed by atoms with Crippen molar-refractivity contribution in [2.75, 3.05) is 24.7 Å². The molecule has 3 aliphatic heterocycles. The maximum Gasteiger partial charge on any atom is 1.00 e. The van der Waals surface area contributed by atoms with E-state index in [0.717, 1.165) is 0 Å². The third kappa shape index (κ3) is 6.82. The van der Waals surface area contributed by atoms with Crippen LogP contribution in [0.25, 0.3) is 22.3 Å². The molecule has 26 heteroatoms. The molecular weight excluding hydrogens is 712 g/mol. The van der Waals surface area contributed by atoms with Crippen molar-refractivity contribution in [2.45, 2.75) is 49.1 Å². The van der Waals surface area contributed by atoms with Crippen molar-refractivity contribution in [1.29, 1.82) is 0 Å². The van der Waals surface area contributed by atoms with Gasteiger partial charge in [0, 0.05) is 0 Å². The van der Waals surface area contributed by atoms with Gasteiger partial charge < -0.3 is 66.4 Å². The van der Waals surface area contributed by atoms with Gasteiger partial charge in [0.25, 0.3) is 0 Å². The average Bonchev–Trinajstić information content (AvgIpc) is 3.73. The Labute approximate surface area is 313 Å². The number of nitrogens with two attached hydrogens (primary N) is 2. The Morgan fingerprint density at radius 3 is 1.98 bits per heavy atom. The smallest absolute Gasteiger partial charge is 0.780 e. The van der Waals surface area contributed by atoms with Crippen LogP contribution in [-0.4, -0.2) is 99.1 Å². The monoisotopic (exact) mass is 734 g/mol. The van der Waals surface area contributed by atoms with Crippen molar-refractivity contribution >= 4 is 71.5 Å². The van der Waals surface area contributed by atoms with Crippen molar-refractivity contribution in [3.05, 3.63) is 25.3 Å². The summed E-state index contributed by atoms with van der Waals surface area (Å²) >= 11 is 10.3. The van der Waals surface area contributed by atoms with Gasteiger partial charge in [-0.1, -0.05) is 11.8 Å². The van der Waals surface area contributed by atoms with E-state index in [4.69, 9.17) is 63.1 Å². The fourth-order valence-corrected chi connectivity index (χ4v) is 8.04. The molecule has 0 aliphatic carbocycles. The minimum Gasteiger partial charge on any atom is -0.780 e. The molecule has 7 rings (SSSR count). The van der Waals surface area contributed by atoms with Crippen LogP contribution in [0.2, 0.25) is 0 Å².